The highest BCUT2D eigenvalue weighted by Crippen LogP contribution is 2.33. The quantitative estimate of drug-likeness (QED) is 0.284. The van der Waals surface area contributed by atoms with Crippen molar-refractivity contribution < 1.29 is 19.0 Å². The van der Waals surface area contributed by atoms with Crippen molar-refractivity contribution in [1.82, 2.24) is 15.3 Å². The zero-order valence-corrected chi connectivity index (χ0v) is 20.0. The van der Waals surface area contributed by atoms with Gasteiger partial charge in [-0.05, 0) is 53.6 Å². The Morgan fingerprint density at radius 2 is 2.03 bits per heavy atom. The van der Waals surface area contributed by atoms with Gasteiger partial charge in [-0.25, -0.2) is 14.4 Å². The van der Waals surface area contributed by atoms with E-state index in [4.69, 9.17) is 4.74 Å². The summed E-state index contributed by atoms with van der Waals surface area (Å²) in [5.74, 6) is -0.494. The van der Waals surface area contributed by atoms with Gasteiger partial charge in [0.2, 0.25) is 11.9 Å². The number of hydrogen-bond donors (Lipinski definition) is 4. The summed E-state index contributed by atoms with van der Waals surface area (Å²) in [5.41, 5.74) is 2.63. The number of hydrogen-bond acceptors (Lipinski definition) is 7. The van der Waals surface area contributed by atoms with Crippen LogP contribution in [0.3, 0.4) is 0 Å². The molecule has 1 aliphatic heterocycles. The number of aliphatic hydroxyl groups excluding tert-OH is 1. The number of morpholine rings is 1. The molecule has 37 heavy (non-hydrogen) atoms. The van der Waals surface area contributed by atoms with Crippen molar-refractivity contribution in [2.75, 3.05) is 36.9 Å². The van der Waals surface area contributed by atoms with Gasteiger partial charge in [0.05, 0.1) is 18.7 Å². The first kappa shape index (κ1) is 24.5. The fourth-order valence-corrected chi connectivity index (χ4v) is 4.38. The number of carbonyl (C=O) groups excluding carboxylic acids is 1. The molecule has 0 radical (unpaired) electrons. The molecule has 8 nitrogen and oxygen atoms in total. The van der Waals surface area contributed by atoms with E-state index in [1.807, 2.05) is 24.3 Å². The van der Waals surface area contributed by atoms with Crippen LogP contribution in [0, 0.1) is 5.82 Å². The van der Waals surface area contributed by atoms with Crippen molar-refractivity contribution in [3.05, 3.63) is 90.9 Å². The molecule has 0 unspecified atom stereocenters. The van der Waals surface area contributed by atoms with E-state index in [1.54, 1.807) is 36.5 Å². The van der Waals surface area contributed by atoms with Crippen molar-refractivity contribution in [2.45, 2.75) is 5.60 Å². The van der Waals surface area contributed by atoms with E-state index in [0.29, 0.717) is 46.8 Å². The smallest absolute Gasteiger partial charge is 0.247 e. The number of ether oxygens (including phenoxy) is 1. The minimum absolute atomic E-state index is 0.132. The van der Waals surface area contributed by atoms with E-state index < -0.39 is 11.4 Å². The first-order valence-electron chi connectivity index (χ1n) is 11.8. The molecular weight excluding hydrogens is 473 g/mol. The molecule has 1 atom stereocenters. The van der Waals surface area contributed by atoms with Crippen molar-refractivity contribution in [1.29, 1.82) is 0 Å². The van der Waals surface area contributed by atoms with Gasteiger partial charge in [-0.15, -0.1) is 0 Å². The third kappa shape index (κ3) is 5.05. The Hall–Kier alpha value is -4.18. The molecule has 0 aliphatic carbocycles. The highest BCUT2D eigenvalue weighted by Gasteiger charge is 2.34. The van der Waals surface area contributed by atoms with Crippen LogP contribution < -0.4 is 16.0 Å². The minimum Gasteiger partial charge on any atom is -0.393 e. The summed E-state index contributed by atoms with van der Waals surface area (Å²) in [6.07, 6.45) is 2.80. The van der Waals surface area contributed by atoms with Crippen LogP contribution in [0.1, 0.15) is 5.56 Å². The Balaban J connectivity index is 1.46. The minimum atomic E-state index is -0.775. The Bertz CT molecular complexity index is 1450. The summed E-state index contributed by atoms with van der Waals surface area (Å²) in [4.78, 5) is 20.7. The van der Waals surface area contributed by atoms with E-state index >= 15 is 4.39 Å². The molecule has 3 aromatic carbocycles. The third-order valence-electron chi connectivity index (χ3n) is 6.30. The average molecular weight is 500 g/mol. The number of aliphatic hydroxyl groups is 1. The summed E-state index contributed by atoms with van der Waals surface area (Å²) in [7, 11) is 0. The SMILES string of the molecule is C=CC(=O)Nc1cccc(-c2c(F)ccc3cnc(Nc4ccc([C@]5(CO)CNCCO5)cc4)nc23)c1. The van der Waals surface area contributed by atoms with Gasteiger partial charge < -0.3 is 25.8 Å². The zero-order valence-electron chi connectivity index (χ0n) is 20.0. The summed E-state index contributed by atoms with van der Waals surface area (Å²) in [5, 5.41) is 19.8. The number of anilines is 3. The van der Waals surface area contributed by atoms with Crippen molar-refractivity contribution in [3.8, 4) is 11.1 Å². The van der Waals surface area contributed by atoms with Gasteiger partial charge in [0.15, 0.2) is 0 Å². The van der Waals surface area contributed by atoms with Crippen LogP contribution in [0.2, 0.25) is 0 Å². The van der Waals surface area contributed by atoms with Crippen LogP contribution >= 0.6 is 0 Å². The maximum Gasteiger partial charge on any atom is 0.247 e. The van der Waals surface area contributed by atoms with Gasteiger partial charge in [0.25, 0.3) is 0 Å². The molecule has 0 bridgehead atoms. The molecule has 1 saturated heterocycles. The van der Waals surface area contributed by atoms with Crippen LogP contribution in [-0.4, -0.2) is 47.3 Å². The number of aromatic nitrogens is 2. The molecule has 4 N–H and O–H groups in total. The molecular formula is C28H26FN5O3. The van der Waals surface area contributed by atoms with Crippen LogP contribution in [-0.2, 0) is 15.1 Å². The predicted octanol–water partition coefficient (Wildman–Crippen LogP) is 4.11. The van der Waals surface area contributed by atoms with Crippen molar-refractivity contribution in [2.24, 2.45) is 0 Å². The van der Waals surface area contributed by atoms with Gasteiger partial charge in [0.1, 0.15) is 11.4 Å². The van der Waals surface area contributed by atoms with Crippen molar-refractivity contribution in [3.63, 3.8) is 0 Å². The average Bonchev–Trinajstić information content (AvgIpc) is 2.93. The standard InChI is InChI=1S/C28H26FN5O3/c1-2-24(36)32-22-5-3-4-18(14-22)25-23(29)11-6-19-15-31-27(34-26(19)25)33-21-9-7-20(8-10-21)28(17-35)16-30-12-13-37-28/h2-11,14-15,30,35H,1,12-13,16-17H2,(H,32,36)(H,31,33,34)/t28-/m1/s1. The monoisotopic (exact) mass is 499 g/mol. The lowest BCUT2D eigenvalue weighted by Crippen LogP contribution is -2.49. The Kier molecular flexibility index (Phi) is 6.91. The Labute approximate surface area is 213 Å². The normalized spacial score (nSPS) is 17.4. The summed E-state index contributed by atoms with van der Waals surface area (Å²) in [6.45, 7) is 5.12. The number of rotatable bonds is 7. The van der Waals surface area contributed by atoms with Crippen molar-refractivity contribution >= 4 is 34.1 Å². The van der Waals surface area contributed by atoms with E-state index in [2.05, 4.69) is 32.5 Å². The lowest BCUT2D eigenvalue weighted by Gasteiger charge is -2.36. The summed E-state index contributed by atoms with van der Waals surface area (Å²) in [6, 6.07) is 17.4. The molecule has 188 valence electrons. The lowest BCUT2D eigenvalue weighted by atomic mass is 9.93. The molecule has 2 heterocycles. The summed E-state index contributed by atoms with van der Waals surface area (Å²) < 4.78 is 21.0. The van der Waals surface area contributed by atoms with Gasteiger partial charge in [-0.3, -0.25) is 4.79 Å². The number of nitrogens with zero attached hydrogens (tertiary/aromatic N) is 2. The number of nitrogens with one attached hydrogen (secondary N) is 3. The second-order valence-corrected chi connectivity index (χ2v) is 8.71. The molecule has 1 amide bonds. The van der Waals surface area contributed by atoms with E-state index in [-0.39, 0.29) is 12.5 Å². The van der Waals surface area contributed by atoms with E-state index in [9.17, 15) is 9.90 Å². The van der Waals surface area contributed by atoms with Crippen LogP contribution in [0.15, 0.2) is 79.5 Å². The molecule has 1 aliphatic rings. The summed E-state index contributed by atoms with van der Waals surface area (Å²) >= 11 is 0. The van der Waals surface area contributed by atoms with Gasteiger partial charge in [-0.2, -0.15) is 0 Å². The number of benzene rings is 3. The first-order chi connectivity index (χ1) is 18.0. The molecule has 1 fully saturated rings. The Morgan fingerprint density at radius 1 is 1.19 bits per heavy atom. The van der Waals surface area contributed by atoms with E-state index in [1.165, 1.54) is 12.1 Å². The number of fused-ring (bicyclic) bond motifs is 1. The topological polar surface area (TPSA) is 108 Å². The van der Waals surface area contributed by atoms with Gasteiger partial charge in [-0.1, -0.05) is 30.8 Å². The maximum atomic E-state index is 15.1. The highest BCUT2D eigenvalue weighted by molar-refractivity contribution is 6.00. The molecule has 5 rings (SSSR count). The van der Waals surface area contributed by atoms with Gasteiger partial charge in [0, 0.05) is 41.6 Å². The molecule has 4 aromatic rings. The lowest BCUT2D eigenvalue weighted by molar-refractivity contribution is -0.111. The van der Waals surface area contributed by atoms with Crippen LogP contribution in [0.25, 0.3) is 22.0 Å². The number of halogens is 1. The molecule has 9 heteroatoms. The Morgan fingerprint density at radius 3 is 2.76 bits per heavy atom. The zero-order chi connectivity index (χ0) is 25.8. The molecule has 0 saturated carbocycles. The largest absolute Gasteiger partial charge is 0.393 e. The molecule has 1 aromatic heterocycles. The third-order valence-corrected chi connectivity index (χ3v) is 6.30. The van der Waals surface area contributed by atoms with Crippen LogP contribution in [0.5, 0.6) is 0 Å². The maximum absolute atomic E-state index is 15.1. The number of amides is 1. The molecule has 0 spiro atoms. The predicted molar refractivity (Wildman–Crippen MR) is 141 cm³/mol. The fourth-order valence-electron chi connectivity index (χ4n) is 4.38. The fraction of sp³-hybridized carbons (Fsp3) is 0.179. The number of carbonyl (C=O) groups is 1. The highest BCUT2D eigenvalue weighted by atomic mass is 19.1. The second kappa shape index (κ2) is 10.4. The van der Waals surface area contributed by atoms with E-state index in [0.717, 1.165) is 17.8 Å². The second-order valence-electron chi connectivity index (χ2n) is 8.71. The van der Waals surface area contributed by atoms with Crippen LogP contribution in [0.4, 0.5) is 21.7 Å². The first-order valence-corrected chi connectivity index (χ1v) is 11.8. The van der Waals surface area contributed by atoms with Gasteiger partial charge >= 0.3 is 0 Å².